The van der Waals surface area contributed by atoms with Crippen LogP contribution in [0, 0.1) is 0 Å². The van der Waals surface area contributed by atoms with Gasteiger partial charge in [-0.2, -0.15) is 0 Å². The van der Waals surface area contributed by atoms with Gasteiger partial charge in [-0.05, 0) is 89.9 Å². The lowest BCUT2D eigenvalue weighted by molar-refractivity contribution is -0.118. The second-order valence-electron chi connectivity index (χ2n) is 9.91. The van der Waals surface area contributed by atoms with Crippen LogP contribution >= 0.6 is 0 Å². The van der Waals surface area contributed by atoms with Crippen molar-refractivity contribution in [2.24, 2.45) is 0 Å². The fourth-order valence-electron chi connectivity index (χ4n) is 5.06. The van der Waals surface area contributed by atoms with Crippen LogP contribution in [0.15, 0.2) is 102 Å². The first-order valence-corrected chi connectivity index (χ1v) is 14.9. The lowest BCUT2D eigenvalue weighted by Gasteiger charge is -2.25. The average Bonchev–Trinajstić information content (AvgIpc) is 3.37. The normalized spacial score (nSPS) is 14.6. The maximum atomic E-state index is 13.6. The van der Waals surface area contributed by atoms with Crippen molar-refractivity contribution in [3.63, 3.8) is 0 Å². The first kappa shape index (κ1) is 26.8. The van der Waals surface area contributed by atoms with Crippen LogP contribution in [0.1, 0.15) is 53.6 Å². The Kier molecular flexibility index (Phi) is 8.19. The van der Waals surface area contributed by atoms with Crippen LogP contribution in [-0.2, 0) is 40.6 Å². The third kappa shape index (κ3) is 6.44. The number of fused-ring (bicyclic) bond motifs is 1. The molecule has 0 fully saturated rings. The van der Waals surface area contributed by atoms with Crippen LogP contribution in [-0.4, -0.2) is 19.3 Å². The van der Waals surface area contributed by atoms with Crippen LogP contribution in [0.5, 0.6) is 0 Å². The number of hydrogen-bond donors (Lipinski definition) is 1. The summed E-state index contributed by atoms with van der Waals surface area (Å²) in [6.45, 7) is 2.45. The van der Waals surface area contributed by atoms with E-state index < -0.39 is 10.0 Å². The van der Waals surface area contributed by atoms with Gasteiger partial charge in [0.2, 0.25) is 15.9 Å². The number of aromatic nitrogens is 1. The van der Waals surface area contributed by atoms with E-state index in [2.05, 4.69) is 9.71 Å². The summed E-state index contributed by atoms with van der Waals surface area (Å²) in [5, 5.41) is 0. The van der Waals surface area contributed by atoms with Crippen molar-refractivity contribution >= 4 is 21.6 Å². The van der Waals surface area contributed by atoms with Gasteiger partial charge in [0.05, 0.1) is 11.4 Å². The quantitative estimate of drug-likeness (QED) is 0.277. The van der Waals surface area contributed by atoms with E-state index in [0.717, 1.165) is 46.3 Å². The third-order valence-electron chi connectivity index (χ3n) is 7.32. The number of hydrogen-bond acceptors (Lipinski definition) is 4. The fraction of sp³-hybridized carbons (Fsp3) is 0.250. The van der Waals surface area contributed by atoms with E-state index >= 15 is 0 Å². The fourth-order valence-corrected chi connectivity index (χ4v) is 6.31. The van der Waals surface area contributed by atoms with Gasteiger partial charge < -0.3 is 4.90 Å². The number of nitrogens with zero attached hydrogens (tertiary/aromatic N) is 2. The lowest BCUT2D eigenvalue weighted by Crippen LogP contribution is -2.31. The van der Waals surface area contributed by atoms with Crippen LogP contribution in [0.2, 0.25) is 0 Å². The highest BCUT2D eigenvalue weighted by atomic mass is 32.2. The third-order valence-corrected chi connectivity index (χ3v) is 8.81. The van der Waals surface area contributed by atoms with Crippen molar-refractivity contribution < 1.29 is 13.2 Å². The van der Waals surface area contributed by atoms with E-state index in [4.69, 9.17) is 0 Å². The number of amides is 1. The Morgan fingerprint density at radius 3 is 2.38 bits per heavy atom. The van der Waals surface area contributed by atoms with Crippen LogP contribution in [0.3, 0.4) is 0 Å². The summed E-state index contributed by atoms with van der Waals surface area (Å²) in [4.78, 5) is 19.7. The van der Waals surface area contributed by atoms with E-state index in [-0.39, 0.29) is 16.8 Å². The second-order valence-corrected chi connectivity index (χ2v) is 11.6. The maximum absolute atomic E-state index is 13.6. The molecule has 39 heavy (non-hydrogen) atoms. The summed E-state index contributed by atoms with van der Waals surface area (Å²) in [5.41, 5.74) is 5.99. The molecule has 0 spiro atoms. The van der Waals surface area contributed by atoms with E-state index in [1.54, 1.807) is 29.4 Å². The summed E-state index contributed by atoms with van der Waals surface area (Å²) >= 11 is 0. The molecule has 6 nitrogen and oxygen atoms in total. The van der Waals surface area contributed by atoms with Gasteiger partial charge >= 0.3 is 0 Å². The molecule has 5 rings (SSSR count). The highest BCUT2D eigenvalue weighted by Gasteiger charge is 2.29. The molecule has 0 bridgehead atoms. The Morgan fingerprint density at radius 1 is 0.923 bits per heavy atom. The molecule has 1 atom stereocenters. The Balaban J connectivity index is 1.40. The Labute approximate surface area is 230 Å². The molecule has 1 heterocycles. The SMILES string of the molecule is CCc1ccc(S(=O)(=O)NC2CCc3ccc(N(Cc4ccncc4)C(=O)CCc4ccccc4)cc32)cc1. The van der Waals surface area contributed by atoms with Gasteiger partial charge in [-0.1, -0.05) is 55.5 Å². The Bertz CT molecular complexity index is 1520. The standard InChI is InChI=1S/C32H33N3O3S/c1-2-24-8-14-29(15-9-24)39(37,38)34-31-16-12-27-11-13-28(22-30(27)31)35(23-26-18-20-33-21-19-26)32(36)17-10-25-6-4-3-5-7-25/h3-9,11,13-15,18-22,31,34H,2,10,12,16-17,23H2,1H3. The molecule has 0 radical (unpaired) electrons. The molecule has 1 aliphatic carbocycles. The van der Waals surface area contributed by atoms with Gasteiger partial charge in [0.1, 0.15) is 0 Å². The largest absolute Gasteiger partial charge is 0.308 e. The van der Waals surface area contributed by atoms with Gasteiger partial charge in [-0.25, -0.2) is 13.1 Å². The molecule has 1 amide bonds. The van der Waals surface area contributed by atoms with Gasteiger partial charge in [0.15, 0.2) is 0 Å². The number of benzene rings is 3. The first-order valence-electron chi connectivity index (χ1n) is 13.4. The average molecular weight is 540 g/mol. The van der Waals surface area contributed by atoms with Gasteiger partial charge in [0.25, 0.3) is 0 Å². The van der Waals surface area contributed by atoms with Gasteiger partial charge in [0, 0.05) is 30.5 Å². The summed E-state index contributed by atoms with van der Waals surface area (Å²) in [5.74, 6) is 0.0155. The number of aryl methyl sites for hydroxylation is 3. The van der Waals surface area contributed by atoms with Crippen molar-refractivity contribution in [1.82, 2.24) is 9.71 Å². The molecule has 1 aromatic heterocycles. The molecule has 200 valence electrons. The Morgan fingerprint density at radius 2 is 1.67 bits per heavy atom. The predicted molar refractivity (Wildman–Crippen MR) is 154 cm³/mol. The van der Waals surface area contributed by atoms with Crippen molar-refractivity contribution in [2.75, 3.05) is 4.90 Å². The Hall–Kier alpha value is -3.81. The number of carbonyl (C=O) groups is 1. The first-order chi connectivity index (χ1) is 18.9. The van der Waals surface area contributed by atoms with Gasteiger partial charge in [-0.3, -0.25) is 9.78 Å². The zero-order valence-corrected chi connectivity index (χ0v) is 22.9. The zero-order chi connectivity index (χ0) is 27.2. The molecule has 0 saturated carbocycles. The maximum Gasteiger partial charge on any atom is 0.241 e. The van der Waals surface area contributed by atoms with E-state index in [9.17, 15) is 13.2 Å². The summed E-state index contributed by atoms with van der Waals surface area (Å²) in [7, 11) is -3.69. The van der Waals surface area contributed by atoms with E-state index in [1.807, 2.05) is 79.7 Å². The minimum atomic E-state index is -3.69. The number of carbonyl (C=O) groups excluding carboxylic acids is 1. The summed E-state index contributed by atoms with van der Waals surface area (Å²) < 4.78 is 29.3. The molecule has 0 aliphatic heterocycles. The lowest BCUT2D eigenvalue weighted by atomic mass is 10.1. The number of nitrogens with one attached hydrogen (secondary N) is 1. The van der Waals surface area contributed by atoms with Crippen LogP contribution in [0.4, 0.5) is 5.69 Å². The molecular formula is C32H33N3O3S. The number of sulfonamides is 1. The highest BCUT2D eigenvalue weighted by Crippen LogP contribution is 2.36. The topological polar surface area (TPSA) is 79.4 Å². The molecule has 7 heteroatoms. The molecule has 1 unspecified atom stereocenters. The molecule has 1 N–H and O–H groups in total. The number of pyridine rings is 1. The predicted octanol–water partition coefficient (Wildman–Crippen LogP) is 5.78. The summed E-state index contributed by atoms with van der Waals surface area (Å²) in [6, 6.07) is 26.5. The smallest absolute Gasteiger partial charge is 0.241 e. The molecule has 4 aromatic rings. The highest BCUT2D eigenvalue weighted by molar-refractivity contribution is 7.89. The zero-order valence-electron chi connectivity index (χ0n) is 22.1. The number of anilines is 1. The van der Waals surface area contributed by atoms with Crippen molar-refractivity contribution in [3.05, 3.63) is 125 Å². The minimum absolute atomic E-state index is 0.0155. The van der Waals surface area contributed by atoms with E-state index in [0.29, 0.717) is 25.8 Å². The summed E-state index contributed by atoms with van der Waals surface area (Å²) in [6.07, 6.45) is 6.78. The van der Waals surface area contributed by atoms with Crippen molar-refractivity contribution in [3.8, 4) is 0 Å². The minimum Gasteiger partial charge on any atom is -0.308 e. The molecule has 1 aliphatic rings. The van der Waals surface area contributed by atoms with Crippen LogP contribution in [0.25, 0.3) is 0 Å². The molecular weight excluding hydrogens is 506 g/mol. The van der Waals surface area contributed by atoms with Crippen LogP contribution < -0.4 is 9.62 Å². The monoisotopic (exact) mass is 539 g/mol. The molecule has 0 saturated heterocycles. The second kappa shape index (κ2) is 11.9. The molecule has 3 aromatic carbocycles. The van der Waals surface area contributed by atoms with Crippen molar-refractivity contribution in [1.29, 1.82) is 0 Å². The van der Waals surface area contributed by atoms with Gasteiger partial charge in [-0.15, -0.1) is 0 Å². The van der Waals surface area contributed by atoms with Crippen molar-refractivity contribution in [2.45, 2.75) is 56.5 Å². The number of rotatable bonds is 10. The van der Waals surface area contributed by atoms with E-state index in [1.165, 1.54) is 0 Å².